The van der Waals surface area contributed by atoms with Gasteiger partial charge in [-0.2, -0.15) is 4.98 Å². The lowest BCUT2D eigenvalue weighted by Crippen LogP contribution is -2.36. The van der Waals surface area contributed by atoms with Gasteiger partial charge in [-0.3, -0.25) is 0 Å². The summed E-state index contributed by atoms with van der Waals surface area (Å²) in [5.74, 6) is 2.72. The Bertz CT molecular complexity index is 1370. The minimum Gasteiger partial charge on any atom is -0.473 e. The lowest BCUT2D eigenvalue weighted by atomic mass is 9.45. The highest BCUT2D eigenvalue weighted by molar-refractivity contribution is 6.67. The molecule has 0 amide bonds. The molecule has 0 unspecified atom stereocenters. The van der Waals surface area contributed by atoms with E-state index in [4.69, 9.17) is 14.7 Å². The molecule has 2 heterocycles. The molecule has 0 atom stereocenters. The molecule has 0 N–H and O–H groups in total. The zero-order valence-corrected chi connectivity index (χ0v) is 20.5. The molecule has 0 radical (unpaired) electrons. The molecular formula is C30H27BFN3O2. The third kappa shape index (κ3) is 6.10. The summed E-state index contributed by atoms with van der Waals surface area (Å²) in [5, 5.41) is 9.15. The minimum atomic E-state index is -0.343. The average Bonchev–Trinajstić information content (AvgIpc) is 2.96. The summed E-state index contributed by atoms with van der Waals surface area (Å²) in [6.45, 7) is 2.25. The molecule has 37 heavy (non-hydrogen) atoms. The summed E-state index contributed by atoms with van der Waals surface area (Å²) in [5.41, 5.74) is 3.82. The molecule has 5 rings (SSSR count). The summed E-state index contributed by atoms with van der Waals surface area (Å²) < 4.78 is 27.5. The van der Waals surface area contributed by atoms with Crippen LogP contribution in [0.25, 0.3) is 11.1 Å². The number of nitrogens with zero attached hydrogens (tertiary/aromatic N) is 3. The monoisotopic (exact) mass is 491 g/mol. The van der Waals surface area contributed by atoms with E-state index in [-0.39, 0.29) is 12.5 Å². The lowest BCUT2D eigenvalue weighted by Gasteiger charge is -2.30. The number of benzene rings is 3. The van der Waals surface area contributed by atoms with Crippen molar-refractivity contribution in [3.05, 3.63) is 108 Å². The number of hydrogen-bond donors (Lipinski definition) is 0. The number of anilines is 1. The summed E-state index contributed by atoms with van der Waals surface area (Å²) in [6.07, 6.45) is 1.59. The van der Waals surface area contributed by atoms with E-state index in [1.807, 2.05) is 66.7 Å². The quantitative estimate of drug-likeness (QED) is 0.266. The number of nitriles is 1. The fourth-order valence-electron chi connectivity index (χ4n) is 4.46. The number of pyridine rings is 1. The molecule has 1 saturated heterocycles. The van der Waals surface area contributed by atoms with Crippen molar-refractivity contribution in [2.24, 2.45) is 0 Å². The number of halogens is 1. The molecule has 3 aromatic carbocycles. The summed E-state index contributed by atoms with van der Waals surface area (Å²) in [4.78, 5) is 6.73. The standard InChI is InChI=1S/C30H27BFN3O2/c32-28-19-25(35-17-15-31(22-33)16-18-35)11-12-26(28)27-13-14-29(36-20-23-7-3-1-4-8-23)34-30(27)37-21-24-9-5-2-6-10-24/h1-14,19H,15-18,20-21H2. The fraction of sp³-hybridized carbons (Fsp3) is 0.200. The second-order valence-corrected chi connectivity index (χ2v) is 9.11. The Balaban J connectivity index is 1.39. The molecular weight excluding hydrogens is 464 g/mol. The Morgan fingerprint density at radius 3 is 2.05 bits per heavy atom. The molecule has 1 aromatic heterocycles. The molecule has 0 bridgehead atoms. The molecule has 1 aliphatic heterocycles. The second kappa shape index (κ2) is 11.6. The highest BCUT2D eigenvalue weighted by Crippen LogP contribution is 2.35. The highest BCUT2D eigenvalue weighted by Gasteiger charge is 2.23. The van der Waals surface area contributed by atoms with Crippen molar-refractivity contribution >= 4 is 12.4 Å². The van der Waals surface area contributed by atoms with Crippen LogP contribution in [0.2, 0.25) is 12.6 Å². The maximum absolute atomic E-state index is 15.5. The lowest BCUT2D eigenvalue weighted by molar-refractivity contribution is 0.268. The van der Waals surface area contributed by atoms with Crippen molar-refractivity contribution in [3.63, 3.8) is 0 Å². The molecule has 0 aliphatic carbocycles. The Kier molecular flexibility index (Phi) is 7.66. The predicted octanol–water partition coefficient (Wildman–Crippen LogP) is 6.42. The van der Waals surface area contributed by atoms with E-state index in [9.17, 15) is 0 Å². The first-order chi connectivity index (χ1) is 18.2. The first-order valence-electron chi connectivity index (χ1n) is 12.5. The molecule has 5 nitrogen and oxygen atoms in total. The Morgan fingerprint density at radius 1 is 0.811 bits per heavy atom. The van der Waals surface area contributed by atoms with Gasteiger partial charge in [-0.15, -0.1) is 0 Å². The zero-order chi connectivity index (χ0) is 25.5. The van der Waals surface area contributed by atoms with Gasteiger partial charge in [0.1, 0.15) is 19.0 Å². The average molecular weight is 491 g/mol. The van der Waals surface area contributed by atoms with E-state index in [0.717, 1.165) is 42.5 Å². The van der Waals surface area contributed by atoms with Gasteiger partial charge in [-0.1, -0.05) is 60.7 Å². The van der Waals surface area contributed by atoms with Crippen molar-refractivity contribution in [1.82, 2.24) is 4.98 Å². The van der Waals surface area contributed by atoms with E-state index in [2.05, 4.69) is 15.9 Å². The third-order valence-electron chi connectivity index (χ3n) is 6.57. The fourth-order valence-corrected chi connectivity index (χ4v) is 4.46. The number of ether oxygens (including phenoxy) is 2. The van der Waals surface area contributed by atoms with Crippen LogP contribution in [0.5, 0.6) is 11.8 Å². The highest BCUT2D eigenvalue weighted by atomic mass is 19.1. The van der Waals surface area contributed by atoms with Gasteiger partial charge in [0.15, 0.2) is 0 Å². The summed E-state index contributed by atoms with van der Waals surface area (Å²) in [6, 6.07) is 28.4. The van der Waals surface area contributed by atoms with Crippen molar-refractivity contribution in [1.29, 1.82) is 5.26 Å². The van der Waals surface area contributed by atoms with Gasteiger partial charge in [-0.25, -0.2) is 9.65 Å². The van der Waals surface area contributed by atoms with E-state index in [0.29, 0.717) is 36.1 Å². The van der Waals surface area contributed by atoms with Crippen LogP contribution >= 0.6 is 0 Å². The number of rotatable bonds is 8. The Labute approximate surface area is 217 Å². The molecule has 4 aromatic rings. The molecule has 184 valence electrons. The van der Waals surface area contributed by atoms with Gasteiger partial charge >= 0.3 is 0 Å². The molecule has 1 aliphatic rings. The van der Waals surface area contributed by atoms with Crippen LogP contribution < -0.4 is 14.4 Å². The first-order valence-corrected chi connectivity index (χ1v) is 12.5. The van der Waals surface area contributed by atoms with E-state index < -0.39 is 0 Å². The van der Waals surface area contributed by atoms with Crippen molar-refractivity contribution in [2.45, 2.75) is 25.9 Å². The Hall–Kier alpha value is -4.31. The third-order valence-corrected chi connectivity index (χ3v) is 6.57. The van der Waals surface area contributed by atoms with E-state index >= 15 is 4.39 Å². The number of hydrogen-bond acceptors (Lipinski definition) is 5. The van der Waals surface area contributed by atoms with E-state index in [1.165, 1.54) is 0 Å². The molecule has 0 spiro atoms. The maximum atomic E-state index is 15.5. The van der Waals surface area contributed by atoms with Gasteiger partial charge in [0, 0.05) is 41.9 Å². The smallest absolute Gasteiger partial charge is 0.271 e. The molecule has 0 saturated carbocycles. The Morgan fingerprint density at radius 2 is 1.43 bits per heavy atom. The van der Waals surface area contributed by atoms with Gasteiger partial charge in [0.05, 0.1) is 0 Å². The van der Waals surface area contributed by atoms with E-state index in [1.54, 1.807) is 24.3 Å². The van der Waals surface area contributed by atoms with Crippen LogP contribution in [-0.2, 0) is 13.2 Å². The van der Waals surface area contributed by atoms with Crippen LogP contribution in [0.4, 0.5) is 10.1 Å². The van der Waals surface area contributed by atoms with Gasteiger partial charge in [0.25, 0.3) is 6.71 Å². The van der Waals surface area contributed by atoms with Crippen LogP contribution in [0.15, 0.2) is 91.0 Å². The van der Waals surface area contributed by atoms with Crippen molar-refractivity contribution in [3.8, 4) is 28.9 Å². The summed E-state index contributed by atoms with van der Waals surface area (Å²) in [7, 11) is 0. The van der Waals surface area contributed by atoms with Gasteiger partial charge in [0.2, 0.25) is 11.8 Å². The molecule has 7 heteroatoms. The van der Waals surface area contributed by atoms with Crippen LogP contribution in [0.3, 0.4) is 0 Å². The molecule has 1 fully saturated rings. The zero-order valence-electron chi connectivity index (χ0n) is 20.5. The largest absolute Gasteiger partial charge is 0.473 e. The normalized spacial score (nSPS) is 13.2. The van der Waals surface area contributed by atoms with Crippen molar-refractivity contribution in [2.75, 3.05) is 18.0 Å². The first kappa shape index (κ1) is 24.4. The van der Waals surface area contributed by atoms with Crippen LogP contribution in [-0.4, -0.2) is 24.8 Å². The van der Waals surface area contributed by atoms with Crippen molar-refractivity contribution < 1.29 is 13.9 Å². The SMILES string of the molecule is N#CB1CCN(c2ccc(-c3ccc(OCc4ccccc4)nc3OCc3ccccc3)c(F)c2)CC1. The maximum Gasteiger partial charge on any atom is 0.271 e. The minimum absolute atomic E-state index is 0.0818. The van der Waals surface area contributed by atoms with Crippen LogP contribution in [0, 0.1) is 17.0 Å². The predicted molar refractivity (Wildman–Crippen MR) is 144 cm³/mol. The number of aromatic nitrogens is 1. The van der Waals surface area contributed by atoms with Gasteiger partial charge in [-0.05, 0) is 48.0 Å². The summed E-state index contributed by atoms with van der Waals surface area (Å²) >= 11 is 0. The van der Waals surface area contributed by atoms with Crippen LogP contribution in [0.1, 0.15) is 11.1 Å². The second-order valence-electron chi connectivity index (χ2n) is 9.11. The topological polar surface area (TPSA) is 58.4 Å². The van der Waals surface area contributed by atoms with Gasteiger partial charge < -0.3 is 14.4 Å².